The van der Waals surface area contributed by atoms with E-state index in [1.54, 1.807) is 24.5 Å². The van der Waals surface area contributed by atoms with Crippen molar-refractivity contribution in [1.29, 1.82) is 0 Å². The van der Waals surface area contributed by atoms with Crippen LogP contribution in [0.4, 0.5) is 11.4 Å². The lowest BCUT2D eigenvalue weighted by Gasteiger charge is -2.17. The van der Waals surface area contributed by atoms with Gasteiger partial charge in [0.2, 0.25) is 0 Å². The number of aliphatic hydroxyl groups excluding tert-OH is 2. The first-order chi connectivity index (χ1) is 22.2. The zero-order valence-electron chi connectivity index (χ0n) is 26.5. The number of aromatic nitrogens is 2. The minimum Gasteiger partial charge on any atom is -0.395 e. The van der Waals surface area contributed by atoms with Crippen molar-refractivity contribution in [3.05, 3.63) is 107 Å². The number of hydrogen-bond donors (Lipinski definition) is 6. The molecular formula is C36H42N6O4. The fourth-order valence-electron chi connectivity index (χ4n) is 5.61. The molecule has 1 aliphatic rings. The number of anilines is 2. The molecule has 5 rings (SSSR count). The molecule has 1 saturated carbocycles. The summed E-state index contributed by atoms with van der Waals surface area (Å²) in [6.07, 6.45) is 5.86. The SMILES string of the molecule is Cc1c(NC(=O)c2ccc(CN[C@@H](C)CO)cn2)cccc1-c1cccc(NC(=O)c2ccc(CN[C@@H]3CCC[C@H]3O)cn2)c1C. The number of nitrogens with one attached hydrogen (secondary N) is 4. The Morgan fingerprint density at radius 1 is 0.804 bits per heavy atom. The van der Waals surface area contributed by atoms with E-state index in [9.17, 15) is 19.8 Å². The van der Waals surface area contributed by atoms with Crippen LogP contribution in [-0.2, 0) is 13.1 Å². The van der Waals surface area contributed by atoms with Gasteiger partial charge in [-0.3, -0.25) is 19.6 Å². The second kappa shape index (κ2) is 15.2. The van der Waals surface area contributed by atoms with Crippen molar-refractivity contribution in [2.75, 3.05) is 17.2 Å². The monoisotopic (exact) mass is 622 g/mol. The summed E-state index contributed by atoms with van der Waals surface area (Å²) in [6.45, 7) is 6.97. The summed E-state index contributed by atoms with van der Waals surface area (Å²) in [5, 5.41) is 31.8. The number of carbonyl (C=O) groups is 2. The molecule has 0 saturated heterocycles. The number of nitrogens with zero attached hydrogens (tertiary/aromatic N) is 2. The Morgan fingerprint density at radius 2 is 1.35 bits per heavy atom. The Kier molecular flexibility index (Phi) is 10.9. The lowest BCUT2D eigenvalue weighted by Crippen LogP contribution is -2.35. The van der Waals surface area contributed by atoms with Crippen LogP contribution in [-0.4, -0.2) is 56.8 Å². The highest BCUT2D eigenvalue weighted by atomic mass is 16.3. The third-order valence-electron chi connectivity index (χ3n) is 8.55. The van der Waals surface area contributed by atoms with Gasteiger partial charge in [-0.2, -0.15) is 0 Å². The van der Waals surface area contributed by atoms with Gasteiger partial charge in [0.25, 0.3) is 11.8 Å². The number of hydrogen-bond acceptors (Lipinski definition) is 8. The number of benzene rings is 2. The van der Waals surface area contributed by atoms with Crippen LogP contribution in [0.1, 0.15) is 69.4 Å². The standard InChI is InChI=1S/C36H42N6O4/c1-22(21-43)37-17-25-13-15-32(39-19-25)35(45)41-29-9-4-7-27(23(29)2)28-8-5-10-30(24(28)3)42-36(46)33-16-14-26(20-40-33)18-38-31-11-6-12-34(31)44/h4-5,7-10,13-16,19-20,22,31,34,37-38,43-44H,6,11-12,17-18,21H2,1-3H3,(H,41,45)(H,42,46)/t22-,31+,34+/m0/s1. The smallest absolute Gasteiger partial charge is 0.274 e. The van der Waals surface area contributed by atoms with Crippen LogP contribution in [0.2, 0.25) is 0 Å². The summed E-state index contributed by atoms with van der Waals surface area (Å²) < 4.78 is 0. The van der Waals surface area contributed by atoms with Crippen LogP contribution >= 0.6 is 0 Å². The van der Waals surface area contributed by atoms with E-state index >= 15 is 0 Å². The van der Waals surface area contributed by atoms with Crippen molar-refractivity contribution in [3.8, 4) is 11.1 Å². The summed E-state index contributed by atoms with van der Waals surface area (Å²) in [4.78, 5) is 34.9. The number of amides is 2. The van der Waals surface area contributed by atoms with Gasteiger partial charge in [0, 0.05) is 48.9 Å². The van der Waals surface area contributed by atoms with Gasteiger partial charge in [0.1, 0.15) is 11.4 Å². The maximum atomic E-state index is 13.1. The van der Waals surface area contributed by atoms with E-state index in [1.165, 1.54) is 0 Å². The second-order valence-electron chi connectivity index (χ2n) is 11.9. The molecule has 0 radical (unpaired) electrons. The van der Waals surface area contributed by atoms with Crippen molar-refractivity contribution in [3.63, 3.8) is 0 Å². The Bertz CT molecular complexity index is 1660. The Labute approximate surface area is 269 Å². The number of carbonyl (C=O) groups excluding carboxylic acids is 2. The van der Waals surface area contributed by atoms with Crippen molar-refractivity contribution in [2.45, 2.75) is 71.3 Å². The predicted molar refractivity (Wildman–Crippen MR) is 180 cm³/mol. The molecule has 6 N–H and O–H groups in total. The van der Waals surface area contributed by atoms with Crippen LogP contribution in [0.15, 0.2) is 73.1 Å². The summed E-state index contributed by atoms with van der Waals surface area (Å²) >= 11 is 0. The molecule has 2 aromatic carbocycles. The lowest BCUT2D eigenvalue weighted by atomic mass is 9.94. The highest BCUT2D eigenvalue weighted by molar-refractivity contribution is 6.05. The molecule has 0 unspecified atom stereocenters. The van der Waals surface area contributed by atoms with Gasteiger partial charge in [-0.1, -0.05) is 36.4 Å². The van der Waals surface area contributed by atoms with E-state index in [2.05, 4.69) is 31.2 Å². The molecule has 1 fully saturated rings. The third kappa shape index (κ3) is 8.02. The van der Waals surface area contributed by atoms with Gasteiger partial charge in [-0.15, -0.1) is 0 Å². The molecule has 1 aliphatic carbocycles. The first kappa shape index (κ1) is 32.9. The average molecular weight is 623 g/mol. The zero-order chi connectivity index (χ0) is 32.6. The second-order valence-corrected chi connectivity index (χ2v) is 11.9. The molecule has 3 atom stereocenters. The number of aliphatic hydroxyl groups is 2. The Hall–Kier alpha value is -4.48. The van der Waals surface area contributed by atoms with Gasteiger partial charge in [-0.25, -0.2) is 0 Å². The highest BCUT2D eigenvalue weighted by Crippen LogP contribution is 2.34. The van der Waals surface area contributed by atoms with Crippen LogP contribution < -0.4 is 21.3 Å². The molecule has 4 aromatic rings. The first-order valence-electron chi connectivity index (χ1n) is 15.7. The molecule has 2 heterocycles. The quantitative estimate of drug-likeness (QED) is 0.133. The van der Waals surface area contributed by atoms with E-state index in [0.29, 0.717) is 35.9 Å². The molecule has 10 nitrogen and oxygen atoms in total. The maximum Gasteiger partial charge on any atom is 0.274 e. The number of pyridine rings is 2. The van der Waals surface area contributed by atoms with Crippen LogP contribution in [0.5, 0.6) is 0 Å². The van der Waals surface area contributed by atoms with Gasteiger partial charge in [-0.05, 0) is 97.7 Å². The summed E-state index contributed by atoms with van der Waals surface area (Å²) in [7, 11) is 0. The average Bonchev–Trinajstić information content (AvgIpc) is 3.49. The molecule has 10 heteroatoms. The minimum atomic E-state index is -0.313. The van der Waals surface area contributed by atoms with E-state index in [-0.39, 0.29) is 36.6 Å². The van der Waals surface area contributed by atoms with Gasteiger partial charge >= 0.3 is 0 Å². The summed E-state index contributed by atoms with van der Waals surface area (Å²) in [5.74, 6) is -0.618. The molecule has 0 aliphatic heterocycles. The summed E-state index contributed by atoms with van der Waals surface area (Å²) in [6, 6.07) is 18.7. The van der Waals surface area contributed by atoms with E-state index in [0.717, 1.165) is 52.6 Å². The van der Waals surface area contributed by atoms with Gasteiger partial charge in [0.05, 0.1) is 12.7 Å². The zero-order valence-corrected chi connectivity index (χ0v) is 26.5. The maximum absolute atomic E-state index is 13.1. The van der Waals surface area contributed by atoms with Crippen molar-refractivity contribution in [2.24, 2.45) is 0 Å². The van der Waals surface area contributed by atoms with Gasteiger partial charge < -0.3 is 31.5 Å². The fraction of sp³-hybridized carbons (Fsp3) is 0.333. The van der Waals surface area contributed by atoms with Crippen LogP contribution in [0.3, 0.4) is 0 Å². The molecule has 46 heavy (non-hydrogen) atoms. The minimum absolute atomic E-state index is 0.0283. The largest absolute Gasteiger partial charge is 0.395 e. The fourth-order valence-corrected chi connectivity index (χ4v) is 5.61. The van der Waals surface area contributed by atoms with E-state index in [1.807, 2.05) is 69.3 Å². The summed E-state index contributed by atoms with van der Waals surface area (Å²) in [5.41, 5.74) is 7.46. The number of rotatable bonds is 12. The first-order valence-corrected chi connectivity index (χ1v) is 15.7. The lowest BCUT2D eigenvalue weighted by molar-refractivity contribution is 0.101. The van der Waals surface area contributed by atoms with Crippen molar-refractivity contribution in [1.82, 2.24) is 20.6 Å². The van der Waals surface area contributed by atoms with Crippen molar-refractivity contribution < 1.29 is 19.8 Å². The molecular weight excluding hydrogens is 580 g/mol. The van der Waals surface area contributed by atoms with Crippen LogP contribution in [0, 0.1) is 13.8 Å². The van der Waals surface area contributed by atoms with E-state index in [4.69, 9.17) is 0 Å². The van der Waals surface area contributed by atoms with Gasteiger partial charge in [0.15, 0.2) is 0 Å². The predicted octanol–water partition coefficient (Wildman–Crippen LogP) is 4.74. The molecule has 0 bridgehead atoms. The molecule has 2 aromatic heterocycles. The normalized spacial score (nSPS) is 16.6. The Morgan fingerprint density at radius 3 is 1.80 bits per heavy atom. The molecule has 240 valence electrons. The highest BCUT2D eigenvalue weighted by Gasteiger charge is 2.24. The third-order valence-corrected chi connectivity index (χ3v) is 8.55. The van der Waals surface area contributed by atoms with Crippen LogP contribution in [0.25, 0.3) is 11.1 Å². The topological polar surface area (TPSA) is 148 Å². The molecule has 0 spiro atoms. The molecule has 2 amide bonds. The Balaban J connectivity index is 1.24. The van der Waals surface area contributed by atoms with Crippen molar-refractivity contribution >= 4 is 23.2 Å². The van der Waals surface area contributed by atoms with E-state index < -0.39 is 0 Å².